The van der Waals surface area contributed by atoms with E-state index in [4.69, 9.17) is 17.4 Å². The smallest absolute Gasteiger partial charge is 0.141 e. The SMILES string of the molecule is NNC(Cc1ccc(F)c(Cl)c1)C1CCCC1. The predicted octanol–water partition coefficient (Wildman–Crippen LogP) is 3.04. The van der Waals surface area contributed by atoms with Crippen molar-refractivity contribution in [3.63, 3.8) is 0 Å². The molecular weight excluding hydrogens is 239 g/mol. The standard InChI is InChI=1S/C13H18ClFN2/c14-11-7-9(5-6-12(11)15)8-13(17-16)10-3-1-2-4-10/h5-7,10,13,17H,1-4,8,16H2. The monoisotopic (exact) mass is 256 g/mol. The molecule has 0 saturated heterocycles. The summed E-state index contributed by atoms with van der Waals surface area (Å²) in [7, 11) is 0. The van der Waals surface area contributed by atoms with Crippen LogP contribution in [0.1, 0.15) is 31.2 Å². The molecule has 0 aliphatic heterocycles. The Bertz CT molecular complexity index is 378. The first-order valence-corrected chi connectivity index (χ1v) is 6.48. The lowest BCUT2D eigenvalue weighted by Gasteiger charge is -2.22. The van der Waals surface area contributed by atoms with Gasteiger partial charge in [-0.1, -0.05) is 30.5 Å². The molecule has 2 rings (SSSR count). The second-order valence-electron chi connectivity index (χ2n) is 4.77. The lowest BCUT2D eigenvalue weighted by molar-refractivity contribution is 0.361. The van der Waals surface area contributed by atoms with Crippen LogP contribution in [0.5, 0.6) is 0 Å². The zero-order valence-corrected chi connectivity index (χ0v) is 10.5. The number of hydrazine groups is 1. The Labute approximate surface area is 106 Å². The maximum atomic E-state index is 13.0. The highest BCUT2D eigenvalue weighted by Crippen LogP contribution is 2.29. The summed E-state index contributed by atoms with van der Waals surface area (Å²) in [6.45, 7) is 0. The summed E-state index contributed by atoms with van der Waals surface area (Å²) in [6, 6.07) is 5.15. The first-order chi connectivity index (χ1) is 8.20. The number of rotatable bonds is 4. The van der Waals surface area contributed by atoms with Crippen molar-refractivity contribution in [3.8, 4) is 0 Å². The van der Waals surface area contributed by atoms with Gasteiger partial charge in [0.15, 0.2) is 0 Å². The summed E-state index contributed by atoms with van der Waals surface area (Å²) in [4.78, 5) is 0. The Balaban J connectivity index is 2.04. The van der Waals surface area contributed by atoms with E-state index in [1.54, 1.807) is 12.1 Å². The van der Waals surface area contributed by atoms with Gasteiger partial charge in [0.1, 0.15) is 5.82 Å². The molecule has 1 saturated carbocycles. The molecule has 1 aromatic rings. The van der Waals surface area contributed by atoms with Crippen molar-refractivity contribution in [1.29, 1.82) is 0 Å². The molecule has 4 heteroatoms. The molecule has 1 unspecified atom stereocenters. The average molecular weight is 257 g/mol. The van der Waals surface area contributed by atoms with E-state index in [0.29, 0.717) is 5.92 Å². The van der Waals surface area contributed by atoms with E-state index in [9.17, 15) is 4.39 Å². The number of hydrogen-bond acceptors (Lipinski definition) is 2. The predicted molar refractivity (Wildman–Crippen MR) is 68.2 cm³/mol. The summed E-state index contributed by atoms with van der Waals surface area (Å²) in [6.07, 6.45) is 5.83. The van der Waals surface area contributed by atoms with Gasteiger partial charge in [-0.3, -0.25) is 11.3 Å². The van der Waals surface area contributed by atoms with Crippen molar-refractivity contribution in [2.45, 2.75) is 38.1 Å². The number of halogens is 2. The molecule has 94 valence electrons. The fourth-order valence-electron chi connectivity index (χ4n) is 2.64. The second-order valence-corrected chi connectivity index (χ2v) is 5.18. The van der Waals surface area contributed by atoms with E-state index < -0.39 is 0 Å². The topological polar surface area (TPSA) is 38.0 Å². The van der Waals surface area contributed by atoms with Crippen molar-refractivity contribution >= 4 is 11.6 Å². The highest BCUT2D eigenvalue weighted by molar-refractivity contribution is 6.30. The molecular formula is C13H18ClFN2. The highest BCUT2D eigenvalue weighted by atomic mass is 35.5. The molecule has 1 aliphatic carbocycles. The zero-order chi connectivity index (χ0) is 12.3. The number of benzene rings is 1. The van der Waals surface area contributed by atoms with E-state index in [0.717, 1.165) is 12.0 Å². The van der Waals surface area contributed by atoms with Gasteiger partial charge < -0.3 is 0 Å². The average Bonchev–Trinajstić information content (AvgIpc) is 2.84. The fraction of sp³-hybridized carbons (Fsp3) is 0.538. The quantitative estimate of drug-likeness (QED) is 0.642. The Morgan fingerprint density at radius 3 is 2.71 bits per heavy atom. The Morgan fingerprint density at radius 1 is 1.41 bits per heavy atom. The molecule has 17 heavy (non-hydrogen) atoms. The van der Waals surface area contributed by atoms with Crippen LogP contribution >= 0.6 is 11.6 Å². The maximum absolute atomic E-state index is 13.0. The minimum atomic E-state index is -0.367. The molecule has 0 aromatic heterocycles. The third kappa shape index (κ3) is 3.18. The van der Waals surface area contributed by atoms with Crippen LogP contribution in [0.3, 0.4) is 0 Å². The van der Waals surface area contributed by atoms with Gasteiger partial charge in [-0.05, 0) is 42.9 Å². The summed E-state index contributed by atoms with van der Waals surface area (Å²) in [5.41, 5.74) is 3.92. The van der Waals surface area contributed by atoms with Gasteiger partial charge in [0.2, 0.25) is 0 Å². The first kappa shape index (κ1) is 12.8. The van der Waals surface area contributed by atoms with Crippen LogP contribution in [0.2, 0.25) is 5.02 Å². The minimum Gasteiger partial charge on any atom is -0.271 e. The molecule has 1 fully saturated rings. The molecule has 0 bridgehead atoms. The Morgan fingerprint density at radius 2 is 2.12 bits per heavy atom. The Kier molecular flexibility index (Phi) is 4.37. The summed E-state index contributed by atoms with van der Waals surface area (Å²) in [5.74, 6) is 5.87. The van der Waals surface area contributed by atoms with Crippen molar-refractivity contribution in [1.82, 2.24) is 5.43 Å². The molecule has 2 nitrogen and oxygen atoms in total. The van der Waals surface area contributed by atoms with E-state index in [1.165, 1.54) is 31.7 Å². The van der Waals surface area contributed by atoms with Crippen LogP contribution in [-0.2, 0) is 6.42 Å². The van der Waals surface area contributed by atoms with Gasteiger partial charge >= 0.3 is 0 Å². The molecule has 1 aromatic carbocycles. The van der Waals surface area contributed by atoms with Crippen LogP contribution in [0.25, 0.3) is 0 Å². The maximum Gasteiger partial charge on any atom is 0.141 e. The van der Waals surface area contributed by atoms with Gasteiger partial charge in [0.25, 0.3) is 0 Å². The number of nitrogens with one attached hydrogen (secondary N) is 1. The van der Waals surface area contributed by atoms with Gasteiger partial charge in [-0.15, -0.1) is 0 Å². The Hall–Kier alpha value is -0.640. The van der Waals surface area contributed by atoms with Gasteiger partial charge in [0, 0.05) is 6.04 Å². The molecule has 1 aliphatic rings. The van der Waals surface area contributed by atoms with Gasteiger partial charge in [-0.2, -0.15) is 0 Å². The molecule has 1 atom stereocenters. The molecule has 0 amide bonds. The zero-order valence-electron chi connectivity index (χ0n) is 9.76. The van der Waals surface area contributed by atoms with Gasteiger partial charge in [-0.25, -0.2) is 4.39 Å². The van der Waals surface area contributed by atoms with Crippen molar-refractivity contribution < 1.29 is 4.39 Å². The second kappa shape index (κ2) is 5.80. The van der Waals surface area contributed by atoms with Crippen LogP contribution < -0.4 is 11.3 Å². The third-order valence-corrected chi connectivity index (χ3v) is 3.91. The van der Waals surface area contributed by atoms with E-state index in [1.807, 2.05) is 0 Å². The molecule has 0 heterocycles. The van der Waals surface area contributed by atoms with Crippen LogP contribution in [0.15, 0.2) is 18.2 Å². The summed E-state index contributed by atoms with van der Waals surface area (Å²) in [5, 5.41) is 0.185. The largest absolute Gasteiger partial charge is 0.271 e. The van der Waals surface area contributed by atoms with E-state index in [2.05, 4.69) is 5.43 Å². The van der Waals surface area contributed by atoms with E-state index in [-0.39, 0.29) is 16.9 Å². The lowest BCUT2D eigenvalue weighted by atomic mass is 9.93. The van der Waals surface area contributed by atoms with E-state index >= 15 is 0 Å². The van der Waals surface area contributed by atoms with Crippen molar-refractivity contribution in [2.24, 2.45) is 11.8 Å². The highest BCUT2D eigenvalue weighted by Gasteiger charge is 2.24. The van der Waals surface area contributed by atoms with Crippen molar-refractivity contribution in [3.05, 3.63) is 34.6 Å². The first-order valence-electron chi connectivity index (χ1n) is 6.10. The van der Waals surface area contributed by atoms with Crippen LogP contribution in [0.4, 0.5) is 4.39 Å². The lowest BCUT2D eigenvalue weighted by Crippen LogP contribution is -2.41. The van der Waals surface area contributed by atoms with Crippen LogP contribution in [-0.4, -0.2) is 6.04 Å². The minimum absolute atomic E-state index is 0.185. The normalized spacial score (nSPS) is 18.5. The van der Waals surface area contributed by atoms with Crippen LogP contribution in [0, 0.1) is 11.7 Å². The van der Waals surface area contributed by atoms with Crippen molar-refractivity contribution in [2.75, 3.05) is 0 Å². The number of hydrogen-bond donors (Lipinski definition) is 2. The van der Waals surface area contributed by atoms with Gasteiger partial charge in [0.05, 0.1) is 5.02 Å². The molecule has 0 radical (unpaired) electrons. The summed E-state index contributed by atoms with van der Waals surface area (Å²) >= 11 is 5.77. The summed E-state index contributed by atoms with van der Waals surface area (Å²) < 4.78 is 13.0. The molecule has 0 spiro atoms. The third-order valence-electron chi connectivity index (χ3n) is 3.62. The number of nitrogens with two attached hydrogens (primary N) is 1. The molecule has 3 N–H and O–H groups in total. The fourth-order valence-corrected chi connectivity index (χ4v) is 2.85.